The number of alkyl carbamates (subject to hydrolysis) is 1. The summed E-state index contributed by atoms with van der Waals surface area (Å²) in [6.45, 7) is 12.5. The average Bonchev–Trinajstić information content (AvgIpc) is 2.64. The van der Waals surface area contributed by atoms with Crippen LogP contribution in [0, 0.1) is 0 Å². The van der Waals surface area contributed by atoms with E-state index in [9.17, 15) is 19.5 Å². The minimum absolute atomic E-state index is 0.0187. The number of rotatable bonds is 10. The molecule has 0 fully saturated rings. The number of nitrogens with zero attached hydrogens (tertiary/aromatic N) is 1. The predicted octanol–water partition coefficient (Wildman–Crippen LogP) is 3.28. The first-order chi connectivity index (χ1) is 14.5. The number of carbonyl (C=O) groups excluding carboxylic acids is 3. The molecule has 0 saturated carbocycles. The standard InChI is InChI=1S/C23H35N3O5/c1-7-10-16(3)25-21(29)20(17-11-9-12-18(27)14-17)26(13-8-2)19(28)15-24-22(30)31-23(4,5)6/h8-9,11-12,14,16,20,27H,2,7,10,13,15H2,1,3-6H3,(H,24,30)(H,25,29). The highest BCUT2D eigenvalue weighted by Crippen LogP contribution is 2.25. The van der Waals surface area contributed by atoms with E-state index in [0.717, 1.165) is 12.8 Å². The summed E-state index contributed by atoms with van der Waals surface area (Å²) in [6, 6.07) is 5.12. The molecule has 2 unspecified atom stereocenters. The molecule has 1 rings (SSSR count). The molecule has 3 N–H and O–H groups in total. The number of phenols is 1. The highest BCUT2D eigenvalue weighted by molar-refractivity contribution is 5.90. The van der Waals surface area contributed by atoms with Gasteiger partial charge in [0.1, 0.15) is 23.9 Å². The highest BCUT2D eigenvalue weighted by Gasteiger charge is 2.32. The van der Waals surface area contributed by atoms with E-state index in [-0.39, 0.29) is 30.8 Å². The van der Waals surface area contributed by atoms with Crippen LogP contribution in [0.2, 0.25) is 0 Å². The molecule has 31 heavy (non-hydrogen) atoms. The number of phenolic OH excluding ortho intramolecular Hbond substituents is 1. The van der Waals surface area contributed by atoms with Crippen LogP contribution in [-0.4, -0.2) is 52.6 Å². The minimum Gasteiger partial charge on any atom is -0.508 e. The third-order valence-electron chi connectivity index (χ3n) is 4.29. The smallest absolute Gasteiger partial charge is 0.408 e. The molecule has 0 saturated heterocycles. The Bertz CT molecular complexity index is 773. The number of amides is 3. The number of carbonyl (C=O) groups is 3. The fourth-order valence-corrected chi connectivity index (χ4v) is 3.05. The van der Waals surface area contributed by atoms with Gasteiger partial charge in [0.25, 0.3) is 0 Å². The Kier molecular flexibility index (Phi) is 10.0. The predicted molar refractivity (Wildman–Crippen MR) is 120 cm³/mol. The molecule has 8 heteroatoms. The number of nitrogens with one attached hydrogen (secondary N) is 2. The summed E-state index contributed by atoms with van der Waals surface area (Å²) in [6.07, 6.45) is 2.46. The maximum Gasteiger partial charge on any atom is 0.408 e. The van der Waals surface area contributed by atoms with Crippen LogP contribution in [0.15, 0.2) is 36.9 Å². The zero-order chi connectivity index (χ0) is 23.6. The van der Waals surface area contributed by atoms with Crippen LogP contribution in [0.25, 0.3) is 0 Å². The van der Waals surface area contributed by atoms with E-state index < -0.39 is 23.6 Å². The number of ether oxygens (including phenoxy) is 1. The van der Waals surface area contributed by atoms with Gasteiger partial charge in [0.15, 0.2) is 0 Å². The third kappa shape index (κ3) is 9.11. The van der Waals surface area contributed by atoms with Crippen molar-refractivity contribution >= 4 is 17.9 Å². The molecular formula is C23H35N3O5. The zero-order valence-electron chi connectivity index (χ0n) is 19.1. The summed E-state index contributed by atoms with van der Waals surface area (Å²) < 4.78 is 5.16. The highest BCUT2D eigenvalue weighted by atomic mass is 16.6. The van der Waals surface area contributed by atoms with Gasteiger partial charge in [-0.2, -0.15) is 0 Å². The van der Waals surface area contributed by atoms with Crippen molar-refractivity contribution in [2.45, 2.75) is 65.1 Å². The summed E-state index contributed by atoms with van der Waals surface area (Å²) in [7, 11) is 0. The van der Waals surface area contributed by atoms with Gasteiger partial charge in [-0.25, -0.2) is 4.79 Å². The van der Waals surface area contributed by atoms with E-state index in [4.69, 9.17) is 4.74 Å². The van der Waals surface area contributed by atoms with Crippen molar-refractivity contribution in [2.24, 2.45) is 0 Å². The lowest BCUT2D eigenvalue weighted by atomic mass is 10.0. The normalized spacial score (nSPS) is 12.9. The van der Waals surface area contributed by atoms with Crippen molar-refractivity contribution in [1.82, 2.24) is 15.5 Å². The lowest BCUT2D eigenvalue weighted by Crippen LogP contribution is -2.49. The molecule has 0 aliphatic heterocycles. The van der Waals surface area contributed by atoms with Crippen LogP contribution in [-0.2, 0) is 14.3 Å². The molecule has 172 valence electrons. The maximum atomic E-state index is 13.2. The van der Waals surface area contributed by atoms with Gasteiger partial charge in [-0.1, -0.05) is 31.6 Å². The second kappa shape index (κ2) is 12.0. The molecule has 0 aromatic heterocycles. The Morgan fingerprint density at radius 3 is 2.52 bits per heavy atom. The molecule has 1 aromatic rings. The Morgan fingerprint density at radius 1 is 1.29 bits per heavy atom. The monoisotopic (exact) mass is 433 g/mol. The van der Waals surface area contributed by atoms with Crippen molar-refractivity contribution in [3.63, 3.8) is 0 Å². The number of benzene rings is 1. The lowest BCUT2D eigenvalue weighted by molar-refractivity contribution is -0.139. The number of hydrogen-bond acceptors (Lipinski definition) is 5. The topological polar surface area (TPSA) is 108 Å². The van der Waals surface area contributed by atoms with Gasteiger partial charge in [-0.05, 0) is 51.8 Å². The van der Waals surface area contributed by atoms with Crippen LogP contribution in [0.1, 0.15) is 59.1 Å². The van der Waals surface area contributed by atoms with E-state index in [0.29, 0.717) is 5.56 Å². The van der Waals surface area contributed by atoms with E-state index in [1.807, 2.05) is 13.8 Å². The van der Waals surface area contributed by atoms with Crippen LogP contribution in [0.4, 0.5) is 4.79 Å². The summed E-state index contributed by atoms with van der Waals surface area (Å²) in [5, 5.41) is 15.3. The second-order valence-corrected chi connectivity index (χ2v) is 8.39. The fraction of sp³-hybridized carbons (Fsp3) is 0.522. The molecule has 2 atom stereocenters. The van der Waals surface area contributed by atoms with Crippen LogP contribution in [0.3, 0.4) is 0 Å². The summed E-state index contributed by atoms with van der Waals surface area (Å²) in [4.78, 5) is 39.4. The Balaban J connectivity index is 3.14. The van der Waals surface area contributed by atoms with Gasteiger partial charge in [0.05, 0.1) is 0 Å². The van der Waals surface area contributed by atoms with Gasteiger partial charge in [-0.15, -0.1) is 6.58 Å². The first-order valence-electron chi connectivity index (χ1n) is 10.4. The molecule has 1 aromatic carbocycles. The van der Waals surface area contributed by atoms with E-state index in [1.165, 1.54) is 23.1 Å². The van der Waals surface area contributed by atoms with Crippen molar-refractivity contribution in [2.75, 3.05) is 13.1 Å². The first-order valence-corrected chi connectivity index (χ1v) is 10.4. The minimum atomic E-state index is -1.00. The molecule has 8 nitrogen and oxygen atoms in total. The fourth-order valence-electron chi connectivity index (χ4n) is 3.05. The summed E-state index contributed by atoms with van der Waals surface area (Å²) in [5.74, 6) is -0.883. The molecule has 0 heterocycles. The largest absolute Gasteiger partial charge is 0.508 e. The number of hydrogen-bond donors (Lipinski definition) is 3. The summed E-state index contributed by atoms with van der Waals surface area (Å²) in [5.41, 5.74) is -0.249. The first kappa shape index (κ1) is 26.0. The van der Waals surface area contributed by atoms with Crippen LogP contribution < -0.4 is 10.6 Å². The Labute approximate surface area is 184 Å². The van der Waals surface area contributed by atoms with Crippen LogP contribution >= 0.6 is 0 Å². The molecule has 0 bridgehead atoms. The molecule has 3 amide bonds. The SMILES string of the molecule is C=CCN(C(=O)CNC(=O)OC(C)(C)C)C(C(=O)NC(C)CCC)c1cccc(O)c1. The molecule has 0 aliphatic carbocycles. The molecule has 0 radical (unpaired) electrons. The van der Waals surface area contributed by atoms with Crippen LogP contribution in [0.5, 0.6) is 5.75 Å². The molecule has 0 spiro atoms. The average molecular weight is 434 g/mol. The van der Waals surface area contributed by atoms with E-state index in [1.54, 1.807) is 32.9 Å². The van der Waals surface area contributed by atoms with Crippen molar-refractivity contribution in [1.29, 1.82) is 0 Å². The molecular weight excluding hydrogens is 398 g/mol. The van der Waals surface area contributed by atoms with Crippen molar-refractivity contribution in [3.8, 4) is 5.75 Å². The van der Waals surface area contributed by atoms with E-state index >= 15 is 0 Å². The van der Waals surface area contributed by atoms with Crippen molar-refractivity contribution in [3.05, 3.63) is 42.5 Å². The van der Waals surface area contributed by atoms with Gasteiger partial charge in [0.2, 0.25) is 11.8 Å². The van der Waals surface area contributed by atoms with Gasteiger partial charge in [0, 0.05) is 12.6 Å². The maximum absolute atomic E-state index is 13.2. The van der Waals surface area contributed by atoms with Crippen molar-refractivity contribution < 1.29 is 24.2 Å². The number of aromatic hydroxyl groups is 1. The quantitative estimate of drug-likeness (QED) is 0.491. The molecule has 0 aliphatic rings. The third-order valence-corrected chi connectivity index (χ3v) is 4.29. The Hall–Kier alpha value is -3.03. The van der Waals surface area contributed by atoms with Gasteiger partial charge >= 0.3 is 6.09 Å². The van der Waals surface area contributed by atoms with E-state index in [2.05, 4.69) is 17.2 Å². The zero-order valence-corrected chi connectivity index (χ0v) is 19.1. The summed E-state index contributed by atoms with van der Waals surface area (Å²) >= 11 is 0. The van der Waals surface area contributed by atoms with Gasteiger partial charge < -0.3 is 25.4 Å². The van der Waals surface area contributed by atoms with Gasteiger partial charge in [-0.3, -0.25) is 9.59 Å². The Morgan fingerprint density at radius 2 is 1.97 bits per heavy atom. The lowest BCUT2D eigenvalue weighted by Gasteiger charge is -2.31. The second-order valence-electron chi connectivity index (χ2n) is 8.39.